The first-order valence-corrected chi connectivity index (χ1v) is 9.71. The number of halogens is 2. The summed E-state index contributed by atoms with van der Waals surface area (Å²) in [6.07, 6.45) is 3.06. The Bertz CT molecular complexity index is 1110. The highest BCUT2D eigenvalue weighted by Gasteiger charge is 2.21. The molecule has 0 aliphatic carbocycles. The average molecular weight is 403 g/mol. The largest absolute Gasteiger partial charge is 0.317 e. The zero-order valence-corrected chi connectivity index (χ0v) is 15.6. The molecule has 0 spiro atoms. The maximum Gasteiger partial charge on any atom is 0.216 e. The molecule has 3 rings (SSSR count). The highest BCUT2D eigenvalue weighted by atomic mass is 35.5. The highest BCUT2D eigenvalue weighted by molar-refractivity contribution is 7.95. The first kappa shape index (κ1) is 18.3. The van der Waals surface area contributed by atoms with Gasteiger partial charge in [-0.1, -0.05) is 41.4 Å². The molecule has 3 aromatic rings. The van der Waals surface area contributed by atoms with Crippen molar-refractivity contribution < 1.29 is 8.42 Å². The molecule has 7 heteroatoms. The third-order valence-electron chi connectivity index (χ3n) is 3.64. The summed E-state index contributed by atoms with van der Waals surface area (Å²) >= 11 is 12.1. The van der Waals surface area contributed by atoms with Crippen LogP contribution in [0.15, 0.2) is 76.7 Å². The summed E-state index contributed by atoms with van der Waals surface area (Å²) in [6.45, 7) is 0. The van der Waals surface area contributed by atoms with Gasteiger partial charge in [-0.05, 0) is 48.5 Å². The van der Waals surface area contributed by atoms with E-state index in [2.05, 4.69) is 0 Å². The number of nitriles is 1. The Kier molecular flexibility index (Phi) is 5.19. The molecule has 0 radical (unpaired) electrons. The minimum Gasteiger partial charge on any atom is -0.317 e. The fourth-order valence-electron chi connectivity index (χ4n) is 2.46. The van der Waals surface area contributed by atoms with Crippen molar-refractivity contribution in [3.05, 3.63) is 87.5 Å². The molecule has 2 aromatic carbocycles. The van der Waals surface area contributed by atoms with Crippen LogP contribution in [0.3, 0.4) is 0 Å². The van der Waals surface area contributed by atoms with E-state index >= 15 is 0 Å². The molecule has 130 valence electrons. The Balaban J connectivity index is 2.11. The number of allylic oxidation sites excluding steroid dienone is 1. The number of hydrogen-bond donors (Lipinski definition) is 0. The van der Waals surface area contributed by atoms with Crippen molar-refractivity contribution in [2.75, 3.05) is 0 Å². The predicted octanol–water partition coefficient (Wildman–Crippen LogP) is 5.12. The number of rotatable bonds is 4. The van der Waals surface area contributed by atoms with Crippen LogP contribution in [0.4, 0.5) is 0 Å². The molecule has 0 saturated carbocycles. The van der Waals surface area contributed by atoms with Gasteiger partial charge in [0.15, 0.2) is 4.91 Å². The normalized spacial score (nSPS) is 12.0. The van der Waals surface area contributed by atoms with Crippen molar-refractivity contribution >= 4 is 39.1 Å². The predicted molar refractivity (Wildman–Crippen MR) is 103 cm³/mol. The van der Waals surface area contributed by atoms with E-state index in [1.165, 1.54) is 18.2 Å². The standard InChI is InChI=1S/C19H12Cl2N2O2S/c20-14-9-15(21)11-17(10-14)23-8-4-5-16(23)12-19(13-22)26(24,25)18-6-2-1-3-7-18/h1-12H/b19-12-. The van der Waals surface area contributed by atoms with E-state index in [1.807, 2.05) is 0 Å². The summed E-state index contributed by atoms with van der Waals surface area (Å²) < 4.78 is 27.1. The number of aromatic nitrogens is 1. The zero-order chi connectivity index (χ0) is 18.7. The summed E-state index contributed by atoms with van der Waals surface area (Å²) in [5, 5.41) is 10.3. The van der Waals surface area contributed by atoms with Gasteiger partial charge in [0.25, 0.3) is 0 Å². The molecule has 0 N–H and O–H groups in total. The van der Waals surface area contributed by atoms with Crippen LogP contribution in [0.5, 0.6) is 0 Å². The molecule has 4 nitrogen and oxygen atoms in total. The summed E-state index contributed by atoms with van der Waals surface area (Å²) in [5.74, 6) is 0. The van der Waals surface area contributed by atoms with Crippen molar-refractivity contribution in [2.45, 2.75) is 4.90 Å². The van der Waals surface area contributed by atoms with Crippen LogP contribution in [0.1, 0.15) is 5.69 Å². The number of benzene rings is 2. The second-order valence-corrected chi connectivity index (χ2v) is 8.16. The molecule has 0 atom stereocenters. The van der Waals surface area contributed by atoms with E-state index in [0.29, 0.717) is 21.4 Å². The maximum absolute atomic E-state index is 12.7. The zero-order valence-electron chi connectivity index (χ0n) is 13.3. The van der Waals surface area contributed by atoms with Crippen LogP contribution in [-0.2, 0) is 9.84 Å². The van der Waals surface area contributed by atoms with Crippen LogP contribution in [0.2, 0.25) is 10.0 Å². The summed E-state index contributed by atoms with van der Waals surface area (Å²) in [4.78, 5) is -0.284. The highest BCUT2D eigenvalue weighted by Crippen LogP contribution is 2.26. The van der Waals surface area contributed by atoms with E-state index in [1.54, 1.807) is 65.4 Å². The van der Waals surface area contributed by atoms with Crippen molar-refractivity contribution in [1.29, 1.82) is 5.26 Å². The summed E-state index contributed by atoms with van der Waals surface area (Å²) in [7, 11) is -3.91. The van der Waals surface area contributed by atoms with Crippen LogP contribution in [0.25, 0.3) is 11.8 Å². The van der Waals surface area contributed by atoms with Gasteiger partial charge in [-0.25, -0.2) is 8.42 Å². The van der Waals surface area contributed by atoms with E-state index in [0.717, 1.165) is 0 Å². The lowest BCUT2D eigenvalue weighted by molar-refractivity contribution is 0.603. The Labute approximate surface area is 161 Å². The van der Waals surface area contributed by atoms with Crippen LogP contribution in [-0.4, -0.2) is 13.0 Å². The van der Waals surface area contributed by atoms with E-state index in [-0.39, 0.29) is 9.80 Å². The third kappa shape index (κ3) is 3.68. The molecule has 1 aromatic heterocycles. The van der Waals surface area contributed by atoms with Gasteiger partial charge in [0.2, 0.25) is 9.84 Å². The molecule has 1 heterocycles. The Morgan fingerprint density at radius 3 is 2.27 bits per heavy atom. The molecule has 26 heavy (non-hydrogen) atoms. The van der Waals surface area contributed by atoms with Gasteiger partial charge in [0.05, 0.1) is 4.90 Å². The van der Waals surface area contributed by atoms with Crippen molar-refractivity contribution in [1.82, 2.24) is 4.57 Å². The minimum atomic E-state index is -3.91. The molecule has 0 aliphatic rings. The molecule has 0 unspecified atom stereocenters. The SMILES string of the molecule is N#C/C(=C/c1cccn1-c1cc(Cl)cc(Cl)c1)S(=O)(=O)c1ccccc1. The van der Waals surface area contributed by atoms with Crippen LogP contribution >= 0.6 is 23.2 Å². The van der Waals surface area contributed by atoms with Gasteiger partial charge < -0.3 is 4.57 Å². The summed E-state index contributed by atoms with van der Waals surface area (Å²) in [6, 6.07) is 18.1. The van der Waals surface area contributed by atoms with E-state index in [9.17, 15) is 13.7 Å². The maximum atomic E-state index is 12.7. The topological polar surface area (TPSA) is 62.9 Å². The molecule has 0 amide bonds. The third-order valence-corrected chi connectivity index (χ3v) is 5.76. The molecule has 0 saturated heterocycles. The fraction of sp³-hybridized carbons (Fsp3) is 0. The van der Waals surface area contributed by atoms with Crippen LogP contribution in [0, 0.1) is 11.3 Å². The van der Waals surface area contributed by atoms with Gasteiger partial charge >= 0.3 is 0 Å². The van der Waals surface area contributed by atoms with Gasteiger partial charge in [0.1, 0.15) is 6.07 Å². The minimum absolute atomic E-state index is 0.0664. The Hall–Kier alpha value is -2.52. The average Bonchev–Trinajstić information content (AvgIpc) is 3.07. The first-order chi connectivity index (χ1) is 12.4. The lowest BCUT2D eigenvalue weighted by atomic mass is 10.3. The molecule has 0 fully saturated rings. The number of hydrogen-bond acceptors (Lipinski definition) is 3. The van der Waals surface area contributed by atoms with E-state index < -0.39 is 9.84 Å². The fourth-order valence-corrected chi connectivity index (χ4v) is 4.14. The molecular formula is C19H12Cl2N2O2S. The van der Waals surface area contributed by atoms with E-state index in [4.69, 9.17) is 23.2 Å². The van der Waals surface area contributed by atoms with Gasteiger partial charge in [-0.15, -0.1) is 0 Å². The first-order valence-electron chi connectivity index (χ1n) is 7.47. The Morgan fingerprint density at radius 1 is 1.00 bits per heavy atom. The monoisotopic (exact) mass is 402 g/mol. The van der Waals surface area contributed by atoms with Gasteiger partial charge in [0, 0.05) is 27.6 Å². The van der Waals surface area contributed by atoms with Crippen LogP contribution < -0.4 is 0 Å². The van der Waals surface area contributed by atoms with Crippen molar-refractivity contribution in [3.8, 4) is 11.8 Å². The van der Waals surface area contributed by atoms with Crippen molar-refractivity contribution in [3.63, 3.8) is 0 Å². The lowest BCUT2D eigenvalue weighted by Crippen LogP contribution is -2.04. The molecule has 0 aliphatic heterocycles. The second-order valence-electron chi connectivity index (χ2n) is 5.37. The smallest absolute Gasteiger partial charge is 0.216 e. The van der Waals surface area contributed by atoms with Crippen molar-refractivity contribution in [2.24, 2.45) is 0 Å². The molecule has 0 bridgehead atoms. The quantitative estimate of drug-likeness (QED) is 0.568. The summed E-state index contributed by atoms with van der Waals surface area (Å²) in [5.41, 5.74) is 1.17. The lowest BCUT2D eigenvalue weighted by Gasteiger charge is -2.09. The second kappa shape index (κ2) is 7.38. The molecular weight excluding hydrogens is 391 g/mol. The Morgan fingerprint density at radius 2 is 1.65 bits per heavy atom. The van der Waals surface area contributed by atoms with Gasteiger partial charge in [-0.2, -0.15) is 5.26 Å². The van der Waals surface area contributed by atoms with Gasteiger partial charge in [-0.3, -0.25) is 0 Å². The number of nitrogens with zero attached hydrogens (tertiary/aromatic N) is 2. The number of sulfone groups is 1.